The molecule has 3 aromatic rings. The monoisotopic (exact) mass is 349 g/mol. The van der Waals surface area contributed by atoms with Gasteiger partial charge in [-0.3, -0.25) is 14.8 Å². The molecule has 0 unspecified atom stereocenters. The second-order valence-corrected chi connectivity index (χ2v) is 7.00. The molecule has 2 aromatic carbocycles. The molecule has 1 aliphatic heterocycles. The zero-order chi connectivity index (χ0) is 17.8. The highest BCUT2D eigenvalue weighted by molar-refractivity contribution is 5.82. The fraction of sp³-hybridized carbons (Fsp3) is 0.318. The Morgan fingerprint density at radius 2 is 1.58 bits per heavy atom. The molecule has 1 aliphatic rings. The van der Waals surface area contributed by atoms with Crippen LogP contribution in [-0.4, -0.2) is 41.0 Å². The number of fused-ring (bicyclic) bond motifs is 1. The summed E-state index contributed by atoms with van der Waals surface area (Å²) in [5, 5.41) is 0.616. The average Bonchev–Trinajstić information content (AvgIpc) is 2.90. The minimum atomic E-state index is -0.193. The van der Waals surface area contributed by atoms with Gasteiger partial charge in [0.15, 0.2) is 0 Å². The summed E-state index contributed by atoms with van der Waals surface area (Å²) in [6.45, 7) is 6.10. The van der Waals surface area contributed by atoms with E-state index in [9.17, 15) is 4.39 Å². The molecule has 4 rings (SSSR count). The molecule has 0 saturated carbocycles. The summed E-state index contributed by atoms with van der Waals surface area (Å²) in [7, 11) is 0. The van der Waals surface area contributed by atoms with Crippen molar-refractivity contribution in [1.82, 2.24) is 14.8 Å². The molecule has 0 atom stereocenters. The van der Waals surface area contributed by atoms with Crippen molar-refractivity contribution >= 4 is 10.9 Å². The Morgan fingerprint density at radius 1 is 0.808 bits per heavy atom. The third kappa shape index (κ3) is 3.92. The summed E-state index contributed by atoms with van der Waals surface area (Å²) in [6, 6.07) is 17.7. The third-order valence-corrected chi connectivity index (χ3v) is 5.12. The van der Waals surface area contributed by atoms with Crippen LogP contribution < -0.4 is 0 Å². The Labute approximate surface area is 154 Å². The zero-order valence-corrected chi connectivity index (χ0v) is 14.9. The van der Waals surface area contributed by atoms with Gasteiger partial charge in [0.25, 0.3) is 0 Å². The zero-order valence-electron chi connectivity index (χ0n) is 14.9. The number of hydrogen-bond donors (Lipinski definition) is 0. The fourth-order valence-corrected chi connectivity index (χ4v) is 3.75. The first kappa shape index (κ1) is 17.1. The quantitative estimate of drug-likeness (QED) is 0.707. The van der Waals surface area contributed by atoms with Gasteiger partial charge in [0.2, 0.25) is 0 Å². The maximum atomic E-state index is 14.0. The Hall–Kier alpha value is -2.30. The molecular formula is C22H24FN3. The van der Waals surface area contributed by atoms with E-state index in [1.165, 1.54) is 5.56 Å². The summed E-state index contributed by atoms with van der Waals surface area (Å²) < 4.78 is 14.0. The van der Waals surface area contributed by atoms with Crippen LogP contribution in [0.1, 0.15) is 17.5 Å². The second-order valence-electron chi connectivity index (χ2n) is 7.00. The summed E-state index contributed by atoms with van der Waals surface area (Å²) in [5.41, 5.74) is 3.27. The topological polar surface area (TPSA) is 19.4 Å². The number of rotatable bonds is 4. The summed E-state index contributed by atoms with van der Waals surface area (Å²) in [5.74, 6) is -0.193. The summed E-state index contributed by atoms with van der Waals surface area (Å²) in [4.78, 5) is 9.41. The molecule has 134 valence electrons. The highest BCUT2D eigenvalue weighted by Gasteiger charge is 2.17. The van der Waals surface area contributed by atoms with E-state index >= 15 is 0 Å². The molecule has 2 heterocycles. The van der Waals surface area contributed by atoms with Gasteiger partial charge in [0.1, 0.15) is 5.82 Å². The van der Waals surface area contributed by atoms with Crippen LogP contribution in [0.15, 0.2) is 60.8 Å². The lowest BCUT2D eigenvalue weighted by Gasteiger charge is -2.22. The second kappa shape index (κ2) is 7.94. The first-order chi connectivity index (χ1) is 12.8. The van der Waals surface area contributed by atoms with Gasteiger partial charge in [-0.25, -0.2) is 4.39 Å². The standard InChI is InChI=1S/C22H24FN3/c23-21-10-9-19(22-20(21)8-4-11-24-22)17-26-13-5-12-25(14-15-26)16-18-6-2-1-3-7-18/h1-4,6-11H,5,12-17H2. The minimum Gasteiger partial charge on any atom is -0.298 e. The van der Waals surface area contributed by atoms with Gasteiger partial charge in [-0.05, 0) is 48.8 Å². The number of hydrogen-bond acceptors (Lipinski definition) is 3. The Kier molecular flexibility index (Phi) is 5.23. The molecule has 4 heteroatoms. The molecule has 1 fully saturated rings. The highest BCUT2D eigenvalue weighted by atomic mass is 19.1. The molecule has 0 spiro atoms. The predicted molar refractivity (Wildman–Crippen MR) is 103 cm³/mol. The van der Waals surface area contributed by atoms with Gasteiger partial charge in [-0.15, -0.1) is 0 Å². The van der Waals surface area contributed by atoms with Gasteiger partial charge >= 0.3 is 0 Å². The van der Waals surface area contributed by atoms with E-state index in [0.29, 0.717) is 5.39 Å². The highest BCUT2D eigenvalue weighted by Crippen LogP contribution is 2.21. The first-order valence-corrected chi connectivity index (χ1v) is 9.30. The van der Waals surface area contributed by atoms with Gasteiger partial charge in [-0.2, -0.15) is 0 Å². The molecule has 0 radical (unpaired) electrons. The van der Waals surface area contributed by atoms with E-state index in [4.69, 9.17) is 0 Å². The van der Waals surface area contributed by atoms with Crippen molar-refractivity contribution < 1.29 is 4.39 Å². The fourth-order valence-electron chi connectivity index (χ4n) is 3.75. The molecule has 0 aliphatic carbocycles. The number of nitrogens with zero attached hydrogens (tertiary/aromatic N) is 3. The predicted octanol–water partition coefficient (Wildman–Crippen LogP) is 4.08. The molecule has 0 bridgehead atoms. The molecule has 3 nitrogen and oxygen atoms in total. The van der Waals surface area contributed by atoms with E-state index in [2.05, 4.69) is 45.1 Å². The van der Waals surface area contributed by atoms with Crippen LogP contribution in [0.4, 0.5) is 4.39 Å². The normalized spacial score (nSPS) is 16.7. The number of pyridine rings is 1. The SMILES string of the molecule is Fc1ccc(CN2CCCN(Cc3ccccc3)CC2)c2ncccc12. The number of aromatic nitrogens is 1. The molecule has 0 N–H and O–H groups in total. The van der Waals surface area contributed by atoms with Crippen molar-refractivity contribution in [2.24, 2.45) is 0 Å². The molecule has 0 amide bonds. The van der Waals surface area contributed by atoms with E-state index in [0.717, 1.165) is 56.8 Å². The molecular weight excluding hydrogens is 325 g/mol. The van der Waals surface area contributed by atoms with Crippen LogP contribution in [0.3, 0.4) is 0 Å². The average molecular weight is 349 g/mol. The minimum absolute atomic E-state index is 0.193. The molecule has 1 saturated heterocycles. The Morgan fingerprint density at radius 3 is 2.38 bits per heavy atom. The first-order valence-electron chi connectivity index (χ1n) is 9.30. The van der Waals surface area contributed by atoms with E-state index in [1.54, 1.807) is 18.3 Å². The lowest BCUT2D eigenvalue weighted by molar-refractivity contribution is 0.247. The van der Waals surface area contributed by atoms with E-state index in [-0.39, 0.29) is 5.82 Å². The molecule has 26 heavy (non-hydrogen) atoms. The summed E-state index contributed by atoms with van der Waals surface area (Å²) in [6.07, 6.45) is 2.90. The smallest absolute Gasteiger partial charge is 0.132 e. The van der Waals surface area contributed by atoms with E-state index in [1.807, 2.05) is 12.1 Å². The van der Waals surface area contributed by atoms with Crippen molar-refractivity contribution in [3.05, 3.63) is 77.7 Å². The van der Waals surface area contributed by atoms with Gasteiger partial charge in [0.05, 0.1) is 5.52 Å². The summed E-state index contributed by atoms with van der Waals surface area (Å²) >= 11 is 0. The van der Waals surface area contributed by atoms with Gasteiger partial charge < -0.3 is 0 Å². The maximum absolute atomic E-state index is 14.0. The van der Waals surface area contributed by atoms with Gasteiger partial charge in [-0.1, -0.05) is 36.4 Å². The van der Waals surface area contributed by atoms with Crippen molar-refractivity contribution in [2.45, 2.75) is 19.5 Å². The van der Waals surface area contributed by atoms with E-state index < -0.39 is 0 Å². The number of benzene rings is 2. The Balaban J connectivity index is 1.43. The largest absolute Gasteiger partial charge is 0.298 e. The lowest BCUT2D eigenvalue weighted by atomic mass is 10.1. The van der Waals surface area contributed by atoms with Crippen LogP contribution in [0.5, 0.6) is 0 Å². The Bertz CT molecular complexity index is 866. The lowest BCUT2D eigenvalue weighted by Crippen LogP contribution is -2.30. The van der Waals surface area contributed by atoms with Crippen molar-refractivity contribution in [3.8, 4) is 0 Å². The van der Waals surface area contributed by atoms with Crippen molar-refractivity contribution in [3.63, 3.8) is 0 Å². The van der Waals surface area contributed by atoms with Crippen LogP contribution in [-0.2, 0) is 13.1 Å². The maximum Gasteiger partial charge on any atom is 0.132 e. The van der Waals surface area contributed by atoms with Crippen LogP contribution in [0.25, 0.3) is 10.9 Å². The van der Waals surface area contributed by atoms with Crippen molar-refractivity contribution in [1.29, 1.82) is 0 Å². The van der Waals surface area contributed by atoms with Crippen LogP contribution in [0, 0.1) is 5.82 Å². The third-order valence-electron chi connectivity index (χ3n) is 5.12. The van der Waals surface area contributed by atoms with Crippen LogP contribution >= 0.6 is 0 Å². The molecule has 1 aromatic heterocycles. The number of halogens is 1. The van der Waals surface area contributed by atoms with Gasteiger partial charge in [0, 0.05) is 37.8 Å². The van der Waals surface area contributed by atoms with Crippen molar-refractivity contribution in [2.75, 3.05) is 26.2 Å². The van der Waals surface area contributed by atoms with Crippen LogP contribution in [0.2, 0.25) is 0 Å².